The summed E-state index contributed by atoms with van der Waals surface area (Å²) in [4.78, 5) is 48.6. The van der Waals surface area contributed by atoms with E-state index in [4.69, 9.17) is 15.3 Å². The van der Waals surface area contributed by atoms with Gasteiger partial charge < -0.3 is 20.4 Å². The molecule has 9 nitrogen and oxygen atoms in total. The standard InChI is InChI=1S/C13H7NO8/c15-10(16)4-2-1-3-5-6(4)7(11(17)18)8(12(19)20)9(14-5)13(21)22/h1-3H,(H,15,16)(H,17,18)(H,19,20)(H,21,22). The zero-order valence-electron chi connectivity index (χ0n) is 10.6. The lowest BCUT2D eigenvalue weighted by Gasteiger charge is -2.11. The normalized spacial score (nSPS) is 10.4. The van der Waals surface area contributed by atoms with E-state index < -0.39 is 51.6 Å². The van der Waals surface area contributed by atoms with Gasteiger partial charge in [-0.05, 0) is 12.1 Å². The van der Waals surface area contributed by atoms with Crippen molar-refractivity contribution in [2.24, 2.45) is 0 Å². The summed E-state index contributed by atoms with van der Waals surface area (Å²) in [7, 11) is 0. The van der Waals surface area contributed by atoms with Crippen molar-refractivity contribution in [3.05, 3.63) is 40.6 Å². The number of nitrogens with zero attached hydrogens (tertiary/aromatic N) is 1. The molecule has 0 spiro atoms. The lowest BCUT2D eigenvalue weighted by atomic mass is 9.96. The van der Waals surface area contributed by atoms with Gasteiger partial charge in [0.2, 0.25) is 0 Å². The monoisotopic (exact) mass is 305 g/mol. The van der Waals surface area contributed by atoms with Crippen molar-refractivity contribution in [3.63, 3.8) is 0 Å². The molecule has 2 aromatic rings. The smallest absolute Gasteiger partial charge is 0.355 e. The number of hydrogen-bond acceptors (Lipinski definition) is 5. The van der Waals surface area contributed by atoms with Crippen LogP contribution in [-0.2, 0) is 0 Å². The molecule has 0 amide bonds. The Labute approximate surface area is 121 Å². The molecule has 9 heteroatoms. The molecular formula is C13H7NO8. The van der Waals surface area contributed by atoms with Crippen molar-refractivity contribution < 1.29 is 39.6 Å². The minimum Gasteiger partial charge on any atom is -0.478 e. The lowest BCUT2D eigenvalue weighted by molar-refractivity contribution is 0.0631. The Morgan fingerprint density at radius 2 is 1.36 bits per heavy atom. The summed E-state index contributed by atoms with van der Waals surface area (Å²) in [6.07, 6.45) is 0. The molecule has 0 radical (unpaired) electrons. The maximum atomic E-state index is 11.4. The van der Waals surface area contributed by atoms with Gasteiger partial charge in [0, 0.05) is 5.39 Å². The molecule has 0 aliphatic rings. The van der Waals surface area contributed by atoms with E-state index in [1.807, 2.05) is 0 Å². The van der Waals surface area contributed by atoms with Crippen LogP contribution in [0, 0.1) is 0 Å². The summed E-state index contributed by atoms with van der Waals surface area (Å²) in [6, 6.07) is 3.52. The highest BCUT2D eigenvalue weighted by atomic mass is 16.4. The van der Waals surface area contributed by atoms with E-state index >= 15 is 0 Å². The molecular weight excluding hydrogens is 298 g/mol. The van der Waals surface area contributed by atoms with Gasteiger partial charge in [0.25, 0.3) is 0 Å². The van der Waals surface area contributed by atoms with Gasteiger partial charge in [0.1, 0.15) is 5.56 Å². The zero-order chi connectivity index (χ0) is 16.6. The highest BCUT2D eigenvalue weighted by Crippen LogP contribution is 2.27. The molecule has 4 N–H and O–H groups in total. The molecule has 0 unspecified atom stereocenters. The van der Waals surface area contributed by atoms with E-state index in [2.05, 4.69) is 4.98 Å². The van der Waals surface area contributed by atoms with E-state index in [1.54, 1.807) is 0 Å². The Bertz CT molecular complexity index is 855. The Hall–Kier alpha value is -3.49. The predicted octanol–water partition coefficient (Wildman–Crippen LogP) is 1.03. The van der Waals surface area contributed by atoms with Crippen molar-refractivity contribution in [2.45, 2.75) is 0 Å². The number of hydrogen-bond donors (Lipinski definition) is 4. The van der Waals surface area contributed by atoms with Crippen molar-refractivity contribution >= 4 is 34.8 Å². The van der Waals surface area contributed by atoms with Gasteiger partial charge in [-0.3, -0.25) is 0 Å². The Morgan fingerprint density at radius 1 is 0.773 bits per heavy atom. The molecule has 0 saturated heterocycles. The molecule has 0 bridgehead atoms. The third kappa shape index (κ3) is 2.20. The van der Waals surface area contributed by atoms with Gasteiger partial charge in [-0.15, -0.1) is 0 Å². The summed E-state index contributed by atoms with van der Waals surface area (Å²) in [5.74, 6) is -6.82. The maximum Gasteiger partial charge on any atom is 0.355 e. The van der Waals surface area contributed by atoms with Crippen LogP contribution < -0.4 is 0 Å². The number of carboxylic acids is 4. The number of aromatic carboxylic acids is 4. The summed E-state index contributed by atoms with van der Waals surface area (Å²) in [6.45, 7) is 0. The fourth-order valence-corrected chi connectivity index (χ4v) is 2.07. The van der Waals surface area contributed by atoms with Gasteiger partial charge in [0.15, 0.2) is 5.69 Å². The van der Waals surface area contributed by atoms with E-state index in [9.17, 15) is 24.3 Å². The van der Waals surface area contributed by atoms with Crippen LogP contribution in [0.1, 0.15) is 41.6 Å². The molecule has 0 aliphatic carbocycles. The van der Waals surface area contributed by atoms with Gasteiger partial charge in [-0.25, -0.2) is 24.2 Å². The second kappa shape index (κ2) is 5.13. The molecule has 0 saturated carbocycles. The number of carboxylic acid groups (broad SMARTS) is 4. The predicted molar refractivity (Wildman–Crippen MR) is 69.6 cm³/mol. The van der Waals surface area contributed by atoms with Crippen LogP contribution in [0.5, 0.6) is 0 Å². The van der Waals surface area contributed by atoms with Gasteiger partial charge in [-0.2, -0.15) is 0 Å². The molecule has 1 heterocycles. The SMILES string of the molecule is O=C(O)c1nc2cccc(C(=O)O)c2c(C(=O)O)c1C(=O)O. The van der Waals surface area contributed by atoms with Crippen molar-refractivity contribution in [1.29, 1.82) is 0 Å². The highest BCUT2D eigenvalue weighted by molar-refractivity contribution is 6.19. The summed E-state index contributed by atoms with van der Waals surface area (Å²) in [5.41, 5.74) is -3.68. The zero-order valence-corrected chi connectivity index (χ0v) is 10.6. The van der Waals surface area contributed by atoms with E-state index in [1.165, 1.54) is 12.1 Å². The molecule has 2 rings (SSSR count). The first kappa shape index (κ1) is 14.9. The number of benzene rings is 1. The minimum absolute atomic E-state index is 0.236. The quantitative estimate of drug-likeness (QED) is 0.645. The summed E-state index contributed by atoms with van der Waals surface area (Å²) < 4.78 is 0. The van der Waals surface area contributed by atoms with Crippen molar-refractivity contribution in [3.8, 4) is 0 Å². The van der Waals surface area contributed by atoms with Gasteiger partial charge in [-0.1, -0.05) is 6.07 Å². The van der Waals surface area contributed by atoms with Crippen molar-refractivity contribution in [2.75, 3.05) is 0 Å². The molecule has 0 aliphatic heterocycles. The van der Waals surface area contributed by atoms with Crippen LogP contribution in [0.3, 0.4) is 0 Å². The average Bonchev–Trinajstić information content (AvgIpc) is 2.43. The summed E-state index contributed by atoms with van der Waals surface area (Å²) in [5, 5.41) is 36.1. The molecule has 112 valence electrons. The summed E-state index contributed by atoms with van der Waals surface area (Å²) >= 11 is 0. The molecule has 1 aromatic carbocycles. The Morgan fingerprint density at radius 3 is 1.82 bits per heavy atom. The number of fused-ring (bicyclic) bond motifs is 1. The lowest BCUT2D eigenvalue weighted by Crippen LogP contribution is -2.18. The number of pyridine rings is 1. The first-order valence-corrected chi connectivity index (χ1v) is 5.65. The van der Waals surface area contributed by atoms with Crippen LogP contribution in [0.25, 0.3) is 10.9 Å². The second-order valence-electron chi connectivity index (χ2n) is 4.13. The molecule has 22 heavy (non-hydrogen) atoms. The second-order valence-corrected chi connectivity index (χ2v) is 4.13. The molecule has 1 aromatic heterocycles. The largest absolute Gasteiger partial charge is 0.478 e. The first-order chi connectivity index (χ1) is 10.3. The van der Waals surface area contributed by atoms with Crippen LogP contribution in [-0.4, -0.2) is 49.3 Å². The highest BCUT2D eigenvalue weighted by Gasteiger charge is 2.30. The minimum atomic E-state index is -1.83. The molecule has 0 fully saturated rings. The van der Waals surface area contributed by atoms with E-state index in [-0.39, 0.29) is 5.52 Å². The maximum absolute atomic E-state index is 11.4. The number of aromatic nitrogens is 1. The molecule has 0 atom stereocenters. The van der Waals surface area contributed by atoms with E-state index in [0.29, 0.717) is 0 Å². The Kier molecular flexibility index (Phi) is 3.47. The van der Waals surface area contributed by atoms with Crippen LogP contribution >= 0.6 is 0 Å². The number of carbonyl (C=O) groups is 4. The van der Waals surface area contributed by atoms with Crippen LogP contribution in [0.2, 0.25) is 0 Å². The van der Waals surface area contributed by atoms with Gasteiger partial charge >= 0.3 is 23.9 Å². The third-order valence-electron chi connectivity index (χ3n) is 2.87. The fourth-order valence-electron chi connectivity index (χ4n) is 2.07. The third-order valence-corrected chi connectivity index (χ3v) is 2.87. The van der Waals surface area contributed by atoms with Crippen molar-refractivity contribution in [1.82, 2.24) is 4.98 Å². The topological polar surface area (TPSA) is 162 Å². The Balaban J connectivity index is 3.16. The average molecular weight is 305 g/mol. The fraction of sp³-hybridized carbons (Fsp3) is 0. The van der Waals surface area contributed by atoms with E-state index in [0.717, 1.165) is 6.07 Å². The van der Waals surface area contributed by atoms with Crippen LogP contribution in [0.4, 0.5) is 0 Å². The van der Waals surface area contributed by atoms with Gasteiger partial charge in [0.05, 0.1) is 16.6 Å². The first-order valence-electron chi connectivity index (χ1n) is 5.65. The number of rotatable bonds is 4. The van der Waals surface area contributed by atoms with Crippen LogP contribution in [0.15, 0.2) is 18.2 Å².